The number of ether oxygens (including phenoxy) is 1. The molecule has 0 bridgehead atoms. The van der Waals surface area contributed by atoms with Gasteiger partial charge in [-0.2, -0.15) is 0 Å². The minimum atomic E-state index is -0.449. The van der Waals surface area contributed by atoms with Crippen LogP contribution in [0.25, 0.3) is 5.69 Å². The summed E-state index contributed by atoms with van der Waals surface area (Å²) in [5.41, 5.74) is 1.44. The smallest absolute Gasteiger partial charge is 0.338 e. The van der Waals surface area contributed by atoms with Crippen LogP contribution in [0.15, 0.2) is 48.8 Å². The van der Waals surface area contributed by atoms with Crippen molar-refractivity contribution in [2.75, 3.05) is 19.7 Å². The second-order valence-corrected chi connectivity index (χ2v) is 7.65. The van der Waals surface area contributed by atoms with E-state index in [-0.39, 0.29) is 12.5 Å². The fourth-order valence-electron chi connectivity index (χ4n) is 4.41. The number of fused-ring (bicyclic) bond motifs is 1. The Morgan fingerprint density at radius 2 is 1.67 bits per heavy atom. The van der Waals surface area contributed by atoms with Gasteiger partial charge in [-0.1, -0.05) is 19.3 Å². The summed E-state index contributed by atoms with van der Waals surface area (Å²) in [4.78, 5) is 26.6. The molecule has 1 amide bonds. The Kier molecular flexibility index (Phi) is 5.28. The number of carbonyl (C=O) groups is 2. The molecule has 1 saturated carbocycles. The largest absolute Gasteiger partial charge is 0.452 e. The average Bonchev–Trinajstić information content (AvgIpc) is 3.26. The number of amides is 1. The number of nitrogens with zero attached hydrogens (tertiary/aromatic N) is 2. The van der Waals surface area contributed by atoms with Gasteiger partial charge in [-0.15, -0.1) is 0 Å². The number of likely N-dealkylation sites (tertiary alicyclic amines) is 1. The zero-order valence-corrected chi connectivity index (χ0v) is 15.5. The molecular formula is C22H26N2O3. The van der Waals surface area contributed by atoms with Crippen LogP contribution in [0.5, 0.6) is 0 Å². The van der Waals surface area contributed by atoms with E-state index < -0.39 is 5.97 Å². The third-order valence-corrected chi connectivity index (χ3v) is 5.98. The van der Waals surface area contributed by atoms with Crippen LogP contribution < -0.4 is 0 Å². The summed E-state index contributed by atoms with van der Waals surface area (Å²) >= 11 is 0. The normalized spacial score (nSPS) is 22.1. The Hall–Kier alpha value is -2.56. The van der Waals surface area contributed by atoms with E-state index in [0.717, 1.165) is 31.1 Å². The SMILES string of the molecule is O=C(OCC(=O)N1CC[C@H]2CCCC[C@@H]2C1)c1ccc(-n2cccc2)cc1. The van der Waals surface area contributed by atoms with Crippen molar-refractivity contribution >= 4 is 11.9 Å². The van der Waals surface area contributed by atoms with E-state index in [4.69, 9.17) is 4.74 Å². The highest BCUT2D eigenvalue weighted by molar-refractivity contribution is 5.91. The van der Waals surface area contributed by atoms with E-state index in [1.807, 2.05) is 46.1 Å². The molecule has 142 valence electrons. The Labute approximate surface area is 159 Å². The molecule has 2 aliphatic rings. The van der Waals surface area contributed by atoms with E-state index in [2.05, 4.69) is 0 Å². The number of hydrogen-bond donors (Lipinski definition) is 0. The molecule has 2 fully saturated rings. The highest BCUT2D eigenvalue weighted by atomic mass is 16.5. The average molecular weight is 366 g/mol. The van der Waals surface area contributed by atoms with Gasteiger partial charge in [0.1, 0.15) is 0 Å². The maximum atomic E-state index is 12.5. The zero-order chi connectivity index (χ0) is 18.6. The summed E-state index contributed by atoms with van der Waals surface area (Å²) < 4.78 is 7.24. The van der Waals surface area contributed by atoms with Crippen LogP contribution >= 0.6 is 0 Å². The van der Waals surface area contributed by atoms with Gasteiger partial charge in [0.25, 0.3) is 5.91 Å². The van der Waals surface area contributed by atoms with Gasteiger partial charge in [0.15, 0.2) is 6.61 Å². The summed E-state index contributed by atoms with van der Waals surface area (Å²) in [6.07, 6.45) is 10.1. The molecule has 0 unspecified atom stereocenters. The van der Waals surface area contributed by atoms with Gasteiger partial charge < -0.3 is 14.2 Å². The molecule has 0 spiro atoms. The van der Waals surface area contributed by atoms with Crippen molar-refractivity contribution in [1.82, 2.24) is 9.47 Å². The number of hydrogen-bond acceptors (Lipinski definition) is 3. The molecule has 0 N–H and O–H groups in total. The van der Waals surface area contributed by atoms with Gasteiger partial charge in [-0.3, -0.25) is 4.79 Å². The first-order valence-corrected chi connectivity index (χ1v) is 9.89. The fraction of sp³-hybridized carbons (Fsp3) is 0.455. The molecule has 5 nitrogen and oxygen atoms in total. The number of aromatic nitrogens is 1. The molecule has 2 heterocycles. The maximum Gasteiger partial charge on any atom is 0.338 e. The van der Waals surface area contributed by atoms with E-state index in [0.29, 0.717) is 11.5 Å². The van der Waals surface area contributed by atoms with Crippen LogP contribution in [-0.4, -0.2) is 41.0 Å². The monoisotopic (exact) mass is 366 g/mol. The molecule has 2 atom stereocenters. The topological polar surface area (TPSA) is 51.5 Å². The first-order chi connectivity index (χ1) is 13.2. The minimum Gasteiger partial charge on any atom is -0.452 e. The highest BCUT2D eigenvalue weighted by Crippen LogP contribution is 2.36. The fourth-order valence-corrected chi connectivity index (χ4v) is 4.41. The molecule has 5 heteroatoms. The number of piperidine rings is 1. The molecule has 1 saturated heterocycles. The molecule has 27 heavy (non-hydrogen) atoms. The van der Waals surface area contributed by atoms with Crippen LogP contribution in [0.4, 0.5) is 0 Å². The minimum absolute atomic E-state index is 0.0728. The molecule has 0 radical (unpaired) electrons. The van der Waals surface area contributed by atoms with E-state index >= 15 is 0 Å². The maximum absolute atomic E-state index is 12.5. The van der Waals surface area contributed by atoms with Crippen molar-refractivity contribution in [3.8, 4) is 5.69 Å². The van der Waals surface area contributed by atoms with Crippen LogP contribution in [0.3, 0.4) is 0 Å². The molecule has 1 aromatic heterocycles. The number of esters is 1. The number of carbonyl (C=O) groups excluding carboxylic acids is 2. The van der Waals surface area contributed by atoms with Crippen LogP contribution in [0.1, 0.15) is 42.5 Å². The first-order valence-electron chi connectivity index (χ1n) is 9.89. The van der Waals surface area contributed by atoms with Crippen LogP contribution in [0, 0.1) is 11.8 Å². The van der Waals surface area contributed by atoms with E-state index in [1.165, 1.54) is 25.7 Å². The van der Waals surface area contributed by atoms with Gasteiger partial charge in [-0.25, -0.2) is 4.79 Å². The standard InChI is InChI=1S/C22H26N2O3/c25-21(24-14-11-17-5-1-2-6-19(17)15-24)16-27-22(26)18-7-9-20(10-8-18)23-12-3-4-13-23/h3-4,7-10,12-13,17,19H,1-2,5-6,11,14-16H2/t17-,19-/m1/s1. The Balaban J connectivity index is 1.29. The first kappa shape index (κ1) is 17.8. The zero-order valence-electron chi connectivity index (χ0n) is 15.5. The van der Waals surface area contributed by atoms with E-state index in [9.17, 15) is 9.59 Å². The molecule has 4 rings (SSSR count). The Bertz CT molecular complexity index is 782. The third kappa shape index (κ3) is 4.07. The van der Waals surface area contributed by atoms with Crippen molar-refractivity contribution in [3.63, 3.8) is 0 Å². The van der Waals surface area contributed by atoms with Crippen LogP contribution in [0.2, 0.25) is 0 Å². The lowest BCUT2D eigenvalue weighted by Gasteiger charge is -2.41. The molecule has 1 aromatic carbocycles. The van der Waals surface area contributed by atoms with Gasteiger partial charge in [0, 0.05) is 31.2 Å². The second-order valence-electron chi connectivity index (χ2n) is 7.65. The summed E-state index contributed by atoms with van der Waals surface area (Å²) in [7, 11) is 0. The predicted molar refractivity (Wildman–Crippen MR) is 103 cm³/mol. The summed E-state index contributed by atoms with van der Waals surface area (Å²) in [6, 6.07) is 11.1. The quantitative estimate of drug-likeness (QED) is 0.776. The van der Waals surface area contributed by atoms with Crippen LogP contribution in [-0.2, 0) is 9.53 Å². The molecular weight excluding hydrogens is 340 g/mol. The van der Waals surface area contributed by atoms with Crippen molar-refractivity contribution in [3.05, 3.63) is 54.4 Å². The molecule has 2 aromatic rings. The van der Waals surface area contributed by atoms with E-state index in [1.54, 1.807) is 12.1 Å². The van der Waals surface area contributed by atoms with Gasteiger partial charge in [0.05, 0.1) is 5.56 Å². The lowest BCUT2D eigenvalue weighted by molar-refractivity contribution is -0.137. The number of rotatable bonds is 4. The second kappa shape index (κ2) is 7.99. The van der Waals surface area contributed by atoms with Crippen molar-refractivity contribution in [2.24, 2.45) is 11.8 Å². The highest BCUT2D eigenvalue weighted by Gasteiger charge is 2.33. The summed E-state index contributed by atoms with van der Waals surface area (Å²) in [5, 5.41) is 0. The van der Waals surface area contributed by atoms with Gasteiger partial charge in [-0.05, 0) is 61.1 Å². The van der Waals surface area contributed by atoms with Crippen molar-refractivity contribution < 1.29 is 14.3 Å². The number of benzene rings is 1. The van der Waals surface area contributed by atoms with Gasteiger partial charge in [0.2, 0.25) is 0 Å². The third-order valence-electron chi connectivity index (χ3n) is 5.98. The summed E-state index contributed by atoms with van der Waals surface area (Å²) in [6.45, 7) is 1.45. The Morgan fingerprint density at radius 3 is 2.41 bits per heavy atom. The van der Waals surface area contributed by atoms with Crippen molar-refractivity contribution in [2.45, 2.75) is 32.1 Å². The lowest BCUT2D eigenvalue weighted by Crippen LogP contribution is -2.46. The summed E-state index contributed by atoms with van der Waals surface area (Å²) in [5.74, 6) is 0.892. The molecule has 1 aliphatic carbocycles. The Morgan fingerprint density at radius 1 is 0.963 bits per heavy atom. The van der Waals surface area contributed by atoms with Gasteiger partial charge >= 0.3 is 5.97 Å². The predicted octanol–water partition coefficient (Wildman–Crippen LogP) is 3.67. The molecule has 1 aliphatic heterocycles. The lowest BCUT2D eigenvalue weighted by atomic mass is 9.75. The van der Waals surface area contributed by atoms with Crippen molar-refractivity contribution in [1.29, 1.82) is 0 Å².